The molecule has 0 fully saturated rings. The predicted molar refractivity (Wildman–Crippen MR) is 84.5 cm³/mol. The highest BCUT2D eigenvalue weighted by Crippen LogP contribution is 2.08. The third kappa shape index (κ3) is 5.46. The molecule has 2 aromatic carbocycles. The molecule has 2 aromatic rings. The number of nitrogens with zero attached hydrogens (tertiary/aromatic N) is 1. The molecule has 0 N–H and O–H groups in total. The monoisotopic (exact) mass is 335 g/mol. The van der Waals surface area contributed by atoms with E-state index in [1.807, 2.05) is 36.4 Å². The molecule has 0 atom stereocenters. The molecule has 1 nitrogen and oxygen atoms in total. The summed E-state index contributed by atoms with van der Waals surface area (Å²) in [5.74, 6) is 0.618. The highest BCUT2D eigenvalue weighted by molar-refractivity contribution is 9.08. The molecule has 2 rings (SSSR count). The van der Waals surface area contributed by atoms with Gasteiger partial charge < -0.3 is 0 Å². The van der Waals surface area contributed by atoms with Gasteiger partial charge in [0.1, 0.15) is 0 Å². The minimum Gasteiger partial charge on any atom is -0.192 e. The first-order valence-corrected chi connectivity index (χ1v) is 7.52. The van der Waals surface area contributed by atoms with Crippen LogP contribution in [0.3, 0.4) is 0 Å². The van der Waals surface area contributed by atoms with Gasteiger partial charge in [0.25, 0.3) is 0 Å². The summed E-state index contributed by atoms with van der Waals surface area (Å²) in [7, 11) is 0. The van der Waals surface area contributed by atoms with Gasteiger partial charge in [0.15, 0.2) is 0 Å². The van der Waals surface area contributed by atoms with Crippen molar-refractivity contribution in [3.05, 3.63) is 70.8 Å². The summed E-state index contributed by atoms with van der Waals surface area (Å²) in [5.41, 5.74) is 4.35. The van der Waals surface area contributed by atoms with Crippen molar-refractivity contribution in [2.24, 2.45) is 0 Å². The van der Waals surface area contributed by atoms with E-state index in [0.717, 1.165) is 16.5 Å². The zero-order valence-corrected chi connectivity index (χ0v) is 13.1. The number of nitriles is 1. The highest BCUT2D eigenvalue weighted by Gasteiger charge is 1.91. The quantitative estimate of drug-likeness (QED) is 0.693. The molecule has 3 heteroatoms. The Kier molecular flexibility index (Phi) is 7.25. The molecule has 0 aliphatic heterocycles. The molecule has 0 unspecified atom stereocenters. The van der Waals surface area contributed by atoms with E-state index < -0.39 is 0 Å². The highest BCUT2D eigenvalue weighted by atomic mass is 79.9. The first-order valence-electron chi connectivity index (χ1n) is 5.86. The maximum absolute atomic E-state index is 8.49. The predicted octanol–water partition coefficient (Wildman–Crippen LogP) is 5.19. The summed E-state index contributed by atoms with van der Waals surface area (Å²) in [6, 6.07) is 17.7. The number of alkyl halides is 2. The van der Waals surface area contributed by atoms with Crippen molar-refractivity contribution >= 4 is 27.5 Å². The van der Waals surface area contributed by atoms with E-state index in [4.69, 9.17) is 16.9 Å². The van der Waals surface area contributed by atoms with Gasteiger partial charge in [-0.05, 0) is 35.7 Å². The van der Waals surface area contributed by atoms with Crippen molar-refractivity contribution in [1.82, 2.24) is 0 Å². The average molecular weight is 337 g/mol. The van der Waals surface area contributed by atoms with E-state index in [1.54, 1.807) is 6.07 Å². The van der Waals surface area contributed by atoms with Crippen molar-refractivity contribution in [3.63, 3.8) is 0 Å². The molecule has 0 heterocycles. The van der Waals surface area contributed by atoms with Crippen LogP contribution in [-0.2, 0) is 11.2 Å². The zero-order valence-electron chi connectivity index (χ0n) is 10.7. The Hall–Kier alpha value is -1.30. The second-order valence-corrected chi connectivity index (χ2v) is 4.83. The average Bonchev–Trinajstić information content (AvgIpc) is 2.48. The van der Waals surface area contributed by atoms with Gasteiger partial charge >= 0.3 is 0 Å². The largest absolute Gasteiger partial charge is 0.192 e. The van der Waals surface area contributed by atoms with Gasteiger partial charge in [0.2, 0.25) is 0 Å². The van der Waals surface area contributed by atoms with Crippen LogP contribution in [0.4, 0.5) is 0 Å². The smallest absolute Gasteiger partial charge is 0.0991 e. The number of hydrogen-bond donors (Lipinski definition) is 0. The maximum atomic E-state index is 8.49. The van der Waals surface area contributed by atoms with Gasteiger partial charge in [-0.15, -0.1) is 11.6 Å². The molecule has 19 heavy (non-hydrogen) atoms. The molecular formula is C16H15BrClN. The van der Waals surface area contributed by atoms with Crippen LogP contribution < -0.4 is 0 Å². The molecule has 0 bridgehead atoms. The molecule has 0 spiro atoms. The van der Waals surface area contributed by atoms with Crippen molar-refractivity contribution in [3.8, 4) is 6.07 Å². The number of benzene rings is 2. The SMILES string of the molecule is Cc1ccccc1CCl.N#Cc1cccc(CBr)c1. The van der Waals surface area contributed by atoms with Gasteiger partial charge in [0.05, 0.1) is 11.6 Å². The van der Waals surface area contributed by atoms with Crippen LogP contribution in [0.5, 0.6) is 0 Å². The van der Waals surface area contributed by atoms with E-state index in [-0.39, 0.29) is 0 Å². The molecule has 0 aromatic heterocycles. The molecule has 98 valence electrons. The van der Waals surface area contributed by atoms with E-state index >= 15 is 0 Å². The van der Waals surface area contributed by atoms with Crippen molar-refractivity contribution < 1.29 is 0 Å². The fourth-order valence-electron chi connectivity index (χ4n) is 1.48. The van der Waals surface area contributed by atoms with Crippen LogP contribution in [0, 0.1) is 18.3 Å². The Balaban J connectivity index is 0.000000191. The first kappa shape index (κ1) is 15.8. The molecule has 0 aliphatic rings. The van der Waals surface area contributed by atoms with Gasteiger partial charge in [-0.3, -0.25) is 0 Å². The second kappa shape index (κ2) is 8.74. The Bertz CT molecular complexity index is 561. The van der Waals surface area contributed by atoms with Crippen LogP contribution in [0.15, 0.2) is 48.5 Å². The second-order valence-electron chi connectivity index (χ2n) is 4.01. The van der Waals surface area contributed by atoms with E-state index in [1.165, 1.54) is 11.1 Å². The van der Waals surface area contributed by atoms with E-state index in [0.29, 0.717) is 5.88 Å². The molecule has 0 saturated carbocycles. The summed E-state index contributed by atoms with van der Waals surface area (Å²) in [6.07, 6.45) is 0. The Morgan fingerprint density at radius 1 is 1.16 bits per heavy atom. The fraction of sp³-hybridized carbons (Fsp3) is 0.188. The van der Waals surface area contributed by atoms with Crippen LogP contribution in [0.25, 0.3) is 0 Å². The molecular weight excluding hydrogens is 322 g/mol. The number of aryl methyl sites for hydroxylation is 1. The van der Waals surface area contributed by atoms with Crippen LogP contribution >= 0.6 is 27.5 Å². The lowest BCUT2D eigenvalue weighted by Crippen LogP contribution is -1.80. The third-order valence-corrected chi connectivity index (χ3v) is 3.55. The van der Waals surface area contributed by atoms with Crippen molar-refractivity contribution in [1.29, 1.82) is 5.26 Å². The standard InChI is InChI=1S/C8H6BrN.C8H9Cl/c9-5-7-2-1-3-8(4-7)6-10;1-7-4-2-3-5-8(7)6-9/h1-4H,5H2;2-5H,6H2,1H3. The van der Waals surface area contributed by atoms with Crippen LogP contribution in [0.1, 0.15) is 22.3 Å². The lowest BCUT2D eigenvalue weighted by Gasteiger charge is -1.97. The first-order chi connectivity index (χ1) is 9.21. The van der Waals surface area contributed by atoms with Gasteiger partial charge in [-0.2, -0.15) is 5.26 Å². The van der Waals surface area contributed by atoms with Crippen molar-refractivity contribution in [2.75, 3.05) is 0 Å². The summed E-state index contributed by atoms with van der Waals surface area (Å²) >= 11 is 8.94. The number of halogens is 2. The summed E-state index contributed by atoms with van der Waals surface area (Å²) in [6.45, 7) is 2.07. The molecule has 0 aliphatic carbocycles. The third-order valence-electron chi connectivity index (χ3n) is 2.62. The number of rotatable bonds is 2. The molecule has 0 amide bonds. The Morgan fingerprint density at radius 2 is 1.89 bits per heavy atom. The van der Waals surface area contributed by atoms with E-state index in [2.05, 4.69) is 35.0 Å². The van der Waals surface area contributed by atoms with Gasteiger partial charge in [-0.25, -0.2) is 0 Å². The van der Waals surface area contributed by atoms with Gasteiger partial charge in [-0.1, -0.05) is 52.3 Å². The minimum atomic E-state index is 0.618. The lowest BCUT2D eigenvalue weighted by atomic mass is 10.1. The van der Waals surface area contributed by atoms with Gasteiger partial charge in [0, 0.05) is 11.2 Å². The summed E-state index contributed by atoms with van der Waals surface area (Å²) in [5, 5.41) is 9.30. The summed E-state index contributed by atoms with van der Waals surface area (Å²) < 4.78 is 0. The van der Waals surface area contributed by atoms with Crippen LogP contribution in [-0.4, -0.2) is 0 Å². The zero-order chi connectivity index (χ0) is 14.1. The topological polar surface area (TPSA) is 23.8 Å². The van der Waals surface area contributed by atoms with Crippen molar-refractivity contribution in [2.45, 2.75) is 18.1 Å². The molecule has 0 radical (unpaired) electrons. The fourth-order valence-corrected chi connectivity index (χ4v) is 2.13. The van der Waals surface area contributed by atoms with E-state index in [9.17, 15) is 0 Å². The van der Waals surface area contributed by atoms with Crippen LogP contribution in [0.2, 0.25) is 0 Å². The minimum absolute atomic E-state index is 0.618. The Labute approximate surface area is 128 Å². The molecule has 0 saturated heterocycles. The summed E-state index contributed by atoms with van der Waals surface area (Å²) in [4.78, 5) is 0. The number of hydrogen-bond acceptors (Lipinski definition) is 1. The maximum Gasteiger partial charge on any atom is 0.0991 e. The normalized spacial score (nSPS) is 9.16. The lowest BCUT2D eigenvalue weighted by molar-refractivity contribution is 1.30. The Morgan fingerprint density at radius 3 is 2.42 bits per heavy atom.